The Morgan fingerprint density at radius 2 is 1.96 bits per heavy atom. The van der Waals surface area contributed by atoms with Gasteiger partial charge in [-0.2, -0.15) is 5.10 Å². The zero-order valence-corrected chi connectivity index (χ0v) is 15.6. The van der Waals surface area contributed by atoms with Crippen LogP contribution in [0.1, 0.15) is 18.4 Å². The third-order valence-corrected chi connectivity index (χ3v) is 4.29. The molecule has 0 unspecified atom stereocenters. The summed E-state index contributed by atoms with van der Waals surface area (Å²) in [6.07, 6.45) is 4.54. The normalized spacial score (nSPS) is 15.6. The number of nitrogens with one attached hydrogen (secondary N) is 2. The minimum Gasteiger partial charge on any atom is -0.368 e. The Balaban J connectivity index is 0.00000156. The molecule has 1 saturated heterocycles. The highest BCUT2D eigenvalue weighted by Gasteiger charge is 2.39. The van der Waals surface area contributed by atoms with E-state index in [0.29, 0.717) is 19.4 Å². The van der Waals surface area contributed by atoms with E-state index in [1.54, 1.807) is 18.1 Å². The van der Waals surface area contributed by atoms with Crippen LogP contribution in [0.4, 0.5) is 0 Å². The number of hydrogen-bond donors (Lipinski definition) is 2. The SMILES string of the molecule is COC1(C(=O)NCc2ccc(-n3cncn3)cc2)CCNCC1.Cl.Cl. The number of carbonyl (C=O) groups excluding carboxylic acids is 1. The first kappa shape index (κ1) is 21.4. The van der Waals surface area contributed by atoms with Crippen LogP contribution in [0.5, 0.6) is 0 Å². The van der Waals surface area contributed by atoms with Crippen LogP contribution < -0.4 is 10.6 Å². The number of halogens is 2. The first-order valence-corrected chi connectivity index (χ1v) is 7.72. The fraction of sp³-hybridized carbons (Fsp3) is 0.438. The van der Waals surface area contributed by atoms with Gasteiger partial charge in [0.2, 0.25) is 0 Å². The lowest BCUT2D eigenvalue weighted by atomic mass is 9.91. The third kappa shape index (κ3) is 4.92. The van der Waals surface area contributed by atoms with Gasteiger partial charge in [-0.05, 0) is 43.6 Å². The van der Waals surface area contributed by atoms with Gasteiger partial charge < -0.3 is 15.4 Å². The fourth-order valence-corrected chi connectivity index (χ4v) is 2.81. The topological polar surface area (TPSA) is 81.1 Å². The molecule has 1 amide bonds. The highest BCUT2D eigenvalue weighted by Crippen LogP contribution is 2.22. The molecule has 3 rings (SSSR count). The van der Waals surface area contributed by atoms with Crippen molar-refractivity contribution in [3.05, 3.63) is 42.5 Å². The van der Waals surface area contributed by atoms with Crippen LogP contribution in [0, 0.1) is 0 Å². The number of amides is 1. The lowest BCUT2D eigenvalue weighted by molar-refractivity contribution is -0.146. The van der Waals surface area contributed by atoms with E-state index >= 15 is 0 Å². The van der Waals surface area contributed by atoms with Gasteiger partial charge in [0.1, 0.15) is 18.3 Å². The second kappa shape index (κ2) is 9.72. The molecule has 0 radical (unpaired) electrons. The third-order valence-electron chi connectivity index (χ3n) is 4.29. The maximum Gasteiger partial charge on any atom is 0.252 e. The molecule has 0 saturated carbocycles. The lowest BCUT2D eigenvalue weighted by Crippen LogP contribution is -2.53. The van der Waals surface area contributed by atoms with E-state index in [1.165, 1.54) is 6.33 Å². The molecule has 1 aliphatic rings. The molecule has 2 N–H and O–H groups in total. The first-order chi connectivity index (χ1) is 11.2. The number of hydrogen-bond acceptors (Lipinski definition) is 5. The summed E-state index contributed by atoms with van der Waals surface area (Å²) in [5, 5.41) is 10.3. The summed E-state index contributed by atoms with van der Waals surface area (Å²) in [7, 11) is 1.61. The predicted octanol–water partition coefficient (Wildman–Crippen LogP) is 1.50. The van der Waals surface area contributed by atoms with Crippen molar-refractivity contribution in [3.8, 4) is 5.69 Å². The Hall–Kier alpha value is -1.67. The summed E-state index contributed by atoms with van der Waals surface area (Å²) in [5.74, 6) is -0.0400. The Bertz CT molecular complexity index is 643. The van der Waals surface area contributed by atoms with Crippen molar-refractivity contribution in [2.75, 3.05) is 20.2 Å². The summed E-state index contributed by atoms with van der Waals surface area (Å²) in [4.78, 5) is 16.4. The number of piperidine rings is 1. The van der Waals surface area contributed by atoms with E-state index < -0.39 is 5.60 Å². The van der Waals surface area contributed by atoms with Crippen molar-refractivity contribution in [2.45, 2.75) is 25.0 Å². The molecular weight excluding hydrogens is 365 g/mol. The Labute approximate surface area is 159 Å². The monoisotopic (exact) mass is 387 g/mol. The summed E-state index contributed by atoms with van der Waals surface area (Å²) >= 11 is 0. The fourth-order valence-electron chi connectivity index (χ4n) is 2.81. The van der Waals surface area contributed by atoms with Gasteiger partial charge in [0, 0.05) is 13.7 Å². The number of methoxy groups -OCH3 is 1. The number of nitrogens with zero attached hydrogens (tertiary/aromatic N) is 3. The minimum absolute atomic E-state index is 0. The van der Waals surface area contributed by atoms with Crippen molar-refractivity contribution < 1.29 is 9.53 Å². The molecule has 25 heavy (non-hydrogen) atoms. The van der Waals surface area contributed by atoms with Crippen LogP contribution in [0.25, 0.3) is 5.69 Å². The van der Waals surface area contributed by atoms with Gasteiger partial charge in [-0.1, -0.05) is 12.1 Å². The summed E-state index contributed by atoms with van der Waals surface area (Å²) in [6.45, 7) is 2.08. The van der Waals surface area contributed by atoms with E-state index in [1.807, 2.05) is 24.3 Å². The summed E-state index contributed by atoms with van der Waals surface area (Å²) in [5.41, 5.74) is 1.26. The molecular formula is C16H23Cl2N5O2. The zero-order chi connectivity index (χ0) is 16.1. The second-order valence-corrected chi connectivity index (χ2v) is 5.64. The molecule has 1 aliphatic heterocycles. The van der Waals surface area contributed by atoms with Crippen molar-refractivity contribution in [2.24, 2.45) is 0 Å². The van der Waals surface area contributed by atoms with Gasteiger partial charge in [-0.15, -0.1) is 24.8 Å². The number of aromatic nitrogens is 3. The van der Waals surface area contributed by atoms with Crippen molar-refractivity contribution in [3.63, 3.8) is 0 Å². The Kier molecular flexibility index (Phi) is 8.31. The molecule has 138 valence electrons. The first-order valence-electron chi connectivity index (χ1n) is 7.72. The molecule has 1 aromatic heterocycles. The molecule has 7 nitrogen and oxygen atoms in total. The Morgan fingerprint density at radius 3 is 2.52 bits per heavy atom. The largest absolute Gasteiger partial charge is 0.368 e. The highest BCUT2D eigenvalue weighted by atomic mass is 35.5. The average Bonchev–Trinajstić information content (AvgIpc) is 3.15. The van der Waals surface area contributed by atoms with E-state index in [-0.39, 0.29) is 30.7 Å². The van der Waals surface area contributed by atoms with Crippen LogP contribution in [0.15, 0.2) is 36.9 Å². The molecule has 1 fully saturated rings. The molecule has 1 aromatic carbocycles. The number of carbonyl (C=O) groups is 1. The maximum absolute atomic E-state index is 12.5. The molecule has 0 bridgehead atoms. The van der Waals surface area contributed by atoms with Crippen LogP contribution in [-0.2, 0) is 16.1 Å². The highest BCUT2D eigenvalue weighted by molar-refractivity contribution is 5.86. The van der Waals surface area contributed by atoms with E-state index in [2.05, 4.69) is 20.7 Å². The Morgan fingerprint density at radius 1 is 1.28 bits per heavy atom. The standard InChI is InChI=1S/C16H21N5O2.2ClH/c1-23-16(6-8-17-9-7-16)15(22)19-10-13-2-4-14(5-3-13)21-12-18-11-20-21;;/h2-5,11-12,17H,6-10H2,1H3,(H,19,22);2*1H. The van der Waals surface area contributed by atoms with Crippen molar-refractivity contribution in [1.82, 2.24) is 25.4 Å². The molecule has 0 atom stereocenters. The van der Waals surface area contributed by atoms with Gasteiger partial charge in [-0.25, -0.2) is 9.67 Å². The molecule has 0 spiro atoms. The van der Waals surface area contributed by atoms with E-state index in [0.717, 1.165) is 24.3 Å². The molecule has 0 aliphatic carbocycles. The van der Waals surface area contributed by atoms with Gasteiger partial charge in [-0.3, -0.25) is 4.79 Å². The second-order valence-electron chi connectivity index (χ2n) is 5.64. The van der Waals surface area contributed by atoms with E-state index in [9.17, 15) is 4.79 Å². The molecule has 2 heterocycles. The molecule has 9 heteroatoms. The van der Waals surface area contributed by atoms with Crippen LogP contribution in [0.3, 0.4) is 0 Å². The van der Waals surface area contributed by atoms with Gasteiger partial charge >= 0.3 is 0 Å². The maximum atomic E-state index is 12.5. The van der Waals surface area contributed by atoms with Crippen molar-refractivity contribution >= 4 is 30.7 Å². The minimum atomic E-state index is -0.702. The average molecular weight is 388 g/mol. The molecule has 2 aromatic rings. The summed E-state index contributed by atoms with van der Waals surface area (Å²) < 4.78 is 7.22. The van der Waals surface area contributed by atoms with E-state index in [4.69, 9.17) is 4.74 Å². The lowest BCUT2D eigenvalue weighted by Gasteiger charge is -2.34. The van der Waals surface area contributed by atoms with Crippen LogP contribution >= 0.6 is 24.8 Å². The van der Waals surface area contributed by atoms with Gasteiger partial charge in [0.25, 0.3) is 5.91 Å². The predicted molar refractivity (Wildman–Crippen MR) is 99.5 cm³/mol. The quantitative estimate of drug-likeness (QED) is 0.812. The number of benzene rings is 1. The van der Waals surface area contributed by atoms with Gasteiger partial charge in [0.15, 0.2) is 0 Å². The van der Waals surface area contributed by atoms with Gasteiger partial charge in [0.05, 0.1) is 5.69 Å². The van der Waals surface area contributed by atoms with Crippen molar-refractivity contribution in [1.29, 1.82) is 0 Å². The zero-order valence-electron chi connectivity index (χ0n) is 14.0. The summed E-state index contributed by atoms with van der Waals surface area (Å²) in [6, 6.07) is 7.85. The number of rotatable bonds is 5. The number of ether oxygens (including phenoxy) is 1. The smallest absolute Gasteiger partial charge is 0.252 e. The van der Waals surface area contributed by atoms with Crippen LogP contribution in [0.2, 0.25) is 0 Å². The van der Waals surface area contributed by atoms with Crippen LogP contribution in [-0.4, -0.2) is 46.5 Å².